The molecule has 0 aromatic heterocycles. The van der Waals surface area contributed by atoms with E-state index in [4.69, 9.17) is 44.3 Å². The molecule has 1 aliphatic rings. The number of ether oxygens (including phenoxy) is 2. The summed E-state index contributed by atoms with van der Waals surface area (Å²) in [6, 6.07) is 24.7. The first-order chi connectivity index (χ1) is 19.5. The standard InChI is InChI=1S/C31H35Cl3N2O5/c1-20(28(38)24-6-4-3-5-7-24)36(2)18-26-16-27(23-12-10-22(19-37)11-13-23)41-29(40-26)25-14-8-21(9-15-25)17-35-30(39)31(32,33)34/h3-15,20,26-29,37-38H,16-19H2,1-2H3,(H,35,39). The highest BCUT2D eigenvalue weighted by molar-refractivity contribution is 6.76. The maximum atomic E-state index is 11.9. The van der Waals surface area contributed by atoms with Crippen molar-refractivity contribution >= 4 is 40.7 Å². The lowest BCUT2D eigenvalue weighted by atomic mass is 9.98. The number of aliphatic hydroxyl groups excluding tert-OH is 2. The second kappa shape index (κ2) is 14.3. The quantitative estimate of drug-likeness (QED) is 0.249. The smallest absolute Gasteiger partial charge is 0.272 e. The lowest BCUT2D eigenvalue weighted by molar-refractivity contribution is -0.253. The van der Waals surface area contributed by atoms with Crippen molar-refractivity contribution in [2.45, 2.75) is 60.9 Å². The summed E-state index contributed by atoms with van der Waals surface area (Å²) >= 11 is 16.9. The minimum Gasteiger partial charge on any atom is -0.392 e. The van der Waals surface area contributed by atoms with Gasteiger partial charge in [0.2, 0.25) is 0 Å². The zero-order chi connectivity index (χ0) is 29.6. The van der Waals surface area contributed by atoms with Gasteiger partial charge in [-0.3, -0.25) is 9.69 Å². The van der Waals surface area contributed by atoms with E-state index in [0.717, 1.165) is 27.8 Å². The third-order valence-electron chi connectivity index (χ3n) is 7.36. The molecule has 0 spiro atoms. The summed E-state index contributed by atoms with van der Waals surface area (Å²) < 4.78 is 10.9. The Morgan fingerprint density at radius 3 is 2.20 bits per heavy atom. The van der Waals surface area contributed by atoms with Crippen molar-refractivity contribution in [3.05, 3.63) is 107 Å². The summed E-state index contributed by atoms with van der Waals surface area (Å²) in [5.41, 5.74) is 4.33. The number of rotatable bonds is 10. The van der Waals surface area contributed by atoms with Gasteiger partial charge in [0.15, 0.2) is 6.29 Å². The highest BCUT2D eigenvalue weighted by Crippen LogP contribution is 2.38. The fourth-order valence-electron chi connectivity index (χ4n) is 4.77. The number of halogens is 3. The number of hydrogen-bond acceptors (Lipinski definition) is 6. The van der Waals surface area contributed by atoms with Crippen LogP contribution in [0.25, 0.3) is 0 Å². The molecule has 4 rings (SSSR count). The van der Waals surface area contributed by atoms with Gasteiger partial charge in [0.1, 0.15) is 0 Å². The lowest BCUT2D eigenvalue weighted by Crippen LogP contribution is -2.43. The van der Waals surface area contributed by atoms with Gasteiger partial charge in [0, 0.05) is 31.1 Å². The SMILES string of the molecule is CC(C(O)c1ccccc1)N(C)CC1CC(c2ccc(CO)cc2)OC(c2ccc(CNC(=O)C(Cl)(Cl)Cl)cc2)O1. The number of amides is 1. The van der Waals surface area contributed by atoms with Crippen LogP contribution in [0.1, 0.15) is 59.7 Å². The first-order valence-corrected chi connectivity index (χ1v) is 14.6. The average molecular weight is 622 g/mol. The number of carbonyl (C=O) groups is 1. The summed E-state index contributed by atoms with van der Waals surface area (Å²) in [5.74, 6) is -0.695. The van der Waals surface area contributed by atoms with Crippen molar-refractivity contribution in [1.82, 2.24) is 10.2 Å². The van der Waals surface area contributed by atoms with E-state index in [0.29, 0.717) is 13.0 Å². The molecule has 5 atom stereocenters. The Bertz CT molecular complexity index is 1260. The Morgan fingerprint density at radius 2 is 1.59 bits per heavy atom. The van der Waals surface area contributed by atoms with Crippen molar-refractivity contribution in [3.8, 4) is 0 Å². The van der Waals surface area contributed by atoms with Gasteiger partial charge in [-0.15, -0.1) is 0 Å². The summed E-state index contributed by atoms with van der Waals surface area (Å²) in [6.07, 6.45) is -1.08. The fourth-order valence-corrected chi connectivity index (χ4v) is 4.97. The Labute approximate surface area is 255 Å². The topological polar surface area (TPSA) is 91.3 Å². The van der Waals surface area contributed by atoms with Crippen LogP contribution in [0.3, 0.4) is 0 Å². The third kappa shape index (κ3) is 8.66. The molecule has 0 aliphatic carbocycles. The first-order valence-electron chi connectivity index (χ1n) is 13.4. The minimum absolute atomic E-state index is 0.0267. The molecule has 7 nitrogen and oxygen atoms in total. The van der Waals surface area contributed by atoms with Gasteiger partial charge in [-0.2, -0.15) is 0 Å². The van der Waals surface area contributed by atoms with Crippen molar-refractivity contribution in [3.63, 3.8) is 0 Å². The first kappa shape index (κ1) is 31.7. The van der Waals surface area contributed by atoms with Crippen LogP contribution < -0.4 is 5.32 Å². The molecule has 3 aromatic carbocycles. The van der Waals surface area contributed by atoms with E-state index in [1.54, 1.807) is 0 Å². The molecule has 1 aliphatic heterocycles. The predicted octanol–water partition coefficient (Wildman–Crippen LogP) is 5.76. The molecule has 5 unspecified atom stereocenters. The minimum atomic E-state index is -2.02. The lowest BCUT2D eigenvalue weighted by Gasteiger charge is -2.39. The molecule has 3 N–H and O–H groups in total. The van der Waals surface area contributed by atoms with E-state index in [9.17, 15) is 15.0 Å². The monoisotopic (exact) mass is 620 g/mol. The van der Waals surface area contributed by atoms with E-state index >= 15 is 0 Å². The predicted molar refractivity (Wildman–Crippen MR) is 160 cm³/mol. The van der Waals surface area contributed by atoms with Gasteiger partial charge in [-0.05, 0) is 36.2 Å². The second-order valence-corrected chi connectivity index (χ2v) is 12.6. The molecule has 1 fully saturated rings. The van der Waals surface area contributed by atoms with Crippen LogP contribution in [0, 0.1) is 0 Å². The van der Waals surface area contributed by atoms with Gasteiger partial charge < -0.3 is 25.0 Å². The van der Waals surface area contributed by atoms with Gasteiger partial charge in [-0.1, -0.05) is 114 Å². The molecule has 0 bridgehead atoms. The maximum Gasteiger partial charge on any atom is 0.272 e. The molecule has 1 saturated heterocycles. The van der Waals surface area contributed by atoms with E-state index in [-0.39, 0.29) is 31.4 Å². The number of aliphatic hydroxyl groups is 2. The molecule has 0 radical (unpaired) electrons. The number of carbonyl (C=O) groups excluding carboxylic acids is 1. The van der Waals surface area contributed by atoms with Crippen molar-refractivity contribution in [2.75, 3.05) is 13.6 Å². The largest absolute Gasteiger partial charge is 0.392 e. The van der Waals surface area contributed by atoms with Crippen molar-refractivity contribution in [2.24, 2.45) is 0 Å². The van der Waals surface area contributed by atoms with Gasteiger partial charge in [0.25, 0.3) is 9.70 Å². The highest BCUT2D eigenvalue weighted by atomic mass is 35.6. The number of nitrogens with zero attached hydrogens (tertiary/aromatic N) is 1. The van der Waals surface area contributed by atoms with E-state index < -0.39 is 22.1 Å². The molecule has 10 heteroatoms. The zero-order valence-corrected chi connectivity index (χ0v) is 25.2. The number of hydrogen-bond donors (Lipinski definition) is 3. The van der Waals surface area contributed by atoms with Gasteiger partial charge >= 0.3 is 0 Å². The molecular formula is C31H35Cl3N2O5. The van der Waals surface area contributed by atoms with E-state index in [1.807, 2.05) is 92.8 Å². The average Bonchev–Trinajstić information content (AvgIpc) is 2.99. The van der Waals surface area contributed by atoms with Crippen molar-refractivity contribution < 1.29 is 24.5 Å². The molecule has 41 heavy (non-hydrogen) atoms. The normalized spacial score (nSPS) is 20.9. The van der Waals surface area contributed by atoms with E-state index in [1.165, 1.54) is 0 Å². The van der Waals surface area contributed by atoms with Gasteiger partial charge in [-0.25, -0.2) is 0 Å². The molecule has 0 saturated carbocycles. The number of alkyl halides is 3. The summed E-state index contributed by atoms with van der Waals surface area (Å²) in [6.45, 7) is 2.76. The summed E-state index contributed by atoms with van der Waals surface area (Å²) in [7, 11) is 1.98. The fraction of sp³-hybridized carbons (Fsp3) is 0.387. The molecular weight excluding hydrogens is 587 g/mol. The summed E-state index contributed by atoms with van der Waals surface area (Å²) in [4.78, 5) is 14.0. The van der Waals surface area contributed by atoms with Crippen molar-refractivity contribution in [1.29, 1.82) is 0 Å². The van der Waals surface area contributed by atoms with Crippen LogP contribution in [0.5, 0.6) is 0 Å². The molecule has 3 aromatic rings. The zero-order valence-electron chi connectivity index (χ0n) is 22.9. The Kier molecular flexibility index (Phi) is 11.1. The number of nitrogens with one attached hydrogen (secondary N) is 1. The van der Waals surface area contributed by atoms with E-state index in [2.05, 4.69) is 10.2 Å². The number of benzene rings is 3. The third-order valence-corrected chi connectivity index (χ3v) is 7.88. The Hall–Kier alpha value is -2.20. The van der Waals surface area contributed by atoms with Crippen LogP contribution in [0.15, 0.2) is 78.9 Å². The molecule has 1 amide bonds. The van der Waals surface area contributed by atoms with Crippen LogP contribution in [-0.4, -0.2) is 50.6 Å². The summed E-state index contributed by atoms with van der Waals surface area (Å²) in [5, 5.41) is 23.0. The highest BCUT2D eigenvalue weighted by Gasteiger charge is 2.34. The van der Waals surface area contributed by atoms with Crippen LogP contribution >= 0.6 is 34.8 Å². The number of likely N-dealkylation sites (N-methyl/N-ethyl adjacent to an activating group) is 1. The van der Waals surface area contributed by atoms with Crippen LogP contribution in [0.4, 0.5) is 0 Å². The van der Waals surface area contributed by atoms with Crippen LogP contribution in [0.2, 0.25) is 0 Å². The Morgan fingerprint density at radius 1 is 0.976 bits per heavy atom. The van der Waals surface area contributed by atoms with Gasteiger partial charge in [0.05, 0.1) is 24.9 Å². The molecule has 1 heterocycles. The van der Waals surface area contributed by atoms with Crippen LogP contribution in [-0.2, 0) is 27.4 Å². The Balaban J connectivity index is 1.49. The second-order valence-electron chi connectivity index (χ2n) is 10.3. The maximum absolute atomic E-state index is 11.9. The molecule has 220 valence electrons.